The molecule has 2 aromatic heterocycles. The Kier molecular flexibility index (Phi) is 5.26. The molecule has 6 N–H and O–H groups in total. The molecule has 1 amide bonds. The number of aromatic amines is 1. The number of carboxylic acids is 1. The topological polar surface area (TPSA) is 193 Å². The van der Waals surface area contributed by atoms with Crippen molar-refractivity contribution in [1.29, 1.82) is 0 Å². The lowest BCUT2D eigenvalue weighted by atomic mass is 10.3. The molecule has 1 aliphatic rings. The molecular weight excluding hydrogens is 438 g/mol. The summed E-state index contributed by atoms with van der Waals surface area (Å²) in [5, 5.41) is 20.7. The van der Waals surface area contributed by atoms with Gasteiger partial charge in [0.05, 0.1) is 4.90 Å². The van der Waals surface area contributed by atoms with Crippen molar-refractivity contribution in [2.24, 2.45) is 5.92 Å². The summed E-state index contributed by atoms with van der Waals surface area (Å²) in [7, 11) is -4.29. The summed E-state index contributed by atoms with van der Waals surface area (Å²) >= 11 is 0. The molecule has 4 rings (SSSR count). The zero-order valence-electron chi connectivity index (χ0n) is 16.8. The van der Waals surface area contributed by atoms with Crippen LogP contribution in [-0.2, 0) is 14.6 Å². The van der Waals surface area contributed by atoms with Crippen LogP contribution < -0.4 is 16.4 Å². The third-order valence-electron chi connectivity index (χ3n) is 4.70. The lowest BCUT2D eigenvalue weighted by molar-refractivity contribution is -0.117. The second-order valence-electron chi connectivity index (χ2n) is 7.27. The zero-order chi connectivity index (χ0) is 23.0. The standard InChI is InChI=1S/C19H19N7O5S/c1-9-8-13(26-25-9)22-16-14(20)15(18(28)29)23-19(24-16)32(30,31)12-6-4-11(5-7-12)21-17(27)10-2-3-10/h4-8,10H,2-3,20H2,1H3,(H,21,27)(H,28,29)(H2,22,23,24,25,26). The van der Waals surface area contributed by atoms with Gasteiger partial charge in [-0.05, 0) is 44.0 Å². The molecule has 0 radical (unpaired) electrons. The molecule has 13 heteroatoms. The largest absolute Gasteiger partial charge is 0.476 e. The number of nitrogens with zero attached hydrogens (tertiary/aromatic N) is 3. The van der Waals surface area contributed by atoms with Crippen LogP contribution in [-0.4, -0.2) is 45.6 Å². The average Bonchev–Trinajstić information content (AvgIpc) is 3.52. The minimum Gasteiger partial charge on any atom is -0.476 e. The molecule has 0 atom stereocenters. The van der Waals surface area contributed by atoms with Gasteiger partial charge in [-0.25, -0.2) is 18.2 Å². The number of rotatable bonds is 7. The Morgan fingerprint density at radius 3 is 2.44 bits per heavy atom. The van der Waals surface area contributed by atoms with Gasteiger partial charge in [0.1, 0.15) is 5.69 Å². The maximum absolute atomic E-state index is 13.1. The number of hydrogen-bond acceptors (Lipinski definition) is 9. The van der Waals surface area contributed by atoms with Crippen molar-refractivity contribution in [3.63, 3.8) is 0 Å². The van der Waals surface area contributed by atoms with E-state index in [0.29, 0.717) is 11.4 Å². The molecule has 0 saturated heterocycles. The number of amides is 1. The van der Waals surface area contributed by atoms with E-state index in [9.17, 15) is 23.1 Å². The Labute approximate surface area is 182 Å². The highest BCUT2D eigenvalue weighted by Crippen LogP contribution is 2.31. The molecular formula is C19H19N7O5S. The minimum absolute atomic E-state index is 0.000233. The first-order chi connectivity index (χ1) is 15.1. The molecule has 0 spiro atoms. The number of aryl methyl sites for hydroxylation is 1. The predicted octanol–water partition coefficient (Wildman–Crippen LogP) is 1.71. The monoisotopic (exact) mass is 457 g/mol. The van der Waals surface area contributed by atoms with Gasteiger partial charge in [0, 0.05) is 23.4 Å². The van der Waals surface area contributed by atoms with Gasteiger partial charge in [-0.3, -0.25) is 9.89 Å². The highest BCUT2D eigenvalue weighted by atomic mass is 32.2. The second-order valence-corrected chi connectivity index (χ2v) is 9.12. The fourth-order valence-electron chi connectivity index (χ4n) is 2.84. The molecule has 2 heterocycles. The molecule has 0 bridgehead atoms. The smallest absolute Gasteiger partial charge is 0.356 e. The number of aromatic nitrogens is 4. The molecule has 12 nitrogen and oxygen atoms in total. The molecule has 32 heavy (non-hydrogen) atoms. The van der Waals surface area contributed by atoms with Crippen molar-refractivity contribution < 1.29 is 23.1 Å². The molecule has 1 aliphatic carbocycles. The number of nitrogens with two attached hydrogens (primary N) is 1. The Bertz CT molecular complexity index is 1310. The first-order valence-electron chi connectivity index (χ1n) is 9.51. The van der Waals surface area contributed by atoms with Crippen LogP contribution in [0.25, 0.3) is 0 Å². The van der Waals surface area contributed by atoms with E-state index < -0.39 is 26.7 Å². The molecule has 1 fully saturated rings. The van der Waals surface area contributed by atoms with Crippen molar-refractivity contribution in [2.75, 3.05) is 16.4 Å². The summed E-state index contributed by atoms with van der Waals surface area (Å²) in [5.41, 5.74) is 6.00. The van der Waals surface area contributed by atoms with Gasteiger partial charge < -0.3 is 21.5 Å². The van der Waals surface area contributed by atoms with Crippen molar-refractivity contribution in [1.82, 2.24) is 20.2 Å². The molecule has 166 valence electrons. The Morgan fingerprint density at radius 2 is 1.88 bits per heavy atom. The number of nitrogens with one attached hydrogen (secondary N) is 3. The van der Waals surface area contributed by atoms with Gasteiger partial charge in [0.15, 0.2) is 17.3 Å². The zero-order valence-corrected chi connectivity index (χ0v) is 17.6. The van der Waals surface area contributed by atoms with E-state index in [1.807, 2.05) is 0 Å². The Hall–Kier alpha value is -4.00. The number of carbonyl (C=O) groups excluding carboxylic acids is 1. The Morgan fingerprint density at radius 1 is 1.19 bits per heavy atom. The number of H-pyrrole nitrogens is 1. The summed E-state index contributed by atoms with van der Waals surface area (Å²) in [5.74, 6) is -1.57. The van der Waals surface area contributed by atoms with Crippen molar-refractivity contribution in [3.05, 3.63) is 41.7 Å². The first kappa shape index (κ1) is 21.2. The lowest BCUT2D eigenvalue weighted by Crippen LogP contribution is -2.16. The highest BCUT2D eigenvalue weighted by Gasteiger charge is 2.30. The molecule has 1 saturated carbocycles. The summed E-state index contributed by atoms with van der Waals surface area (Å²) < 4.78 is 26.2. The number of carboxylic acid groups (broad SMARTS) is 1. The van der Waals surface area contributed by atoms with Gasteiger partial charge in [0.2, 0.25) is 15.7 Å². The van der Waals surface area contributed by atoms with E-state index in [1.54, 1.807) is 13.0 Å². The maximum atomic E-state index is 13.1. The maximum Gasteiger partial charge on any atom is 0.356 e. The second kappa shape index (κ2) is 7.92. The van der Waals surface area contributed by atoms with Crippen LogP contribution in [0.2, 0.25) is 0 Å². The van der Waals surface area contributed by atoms with Gasteiger partial charge in [-0.1, -0.05) is 0 Å². The number of sulfone groups is 1. The third-order valence-corrected chi connectivity index (χ3v) is 6.26. The number of anilines is 4. The summed E-state index contributed by atoms with van der Waals surface area (Å²) in [6.07, 6.45) is 1.68. The SMILES string of the molecule is Cc1cc(Nc2nc(S(=O)(=O)c3ccc(NC(=O)C4CC4)cc3)nc(C(=O)O)c2N)n[nH]1. The lowest BCUT2D eigenvalue weighted by Gasteiger charge is -2.11. The Balaban J connectivity index is 1.68. The average molecular weight is 457 g/mol. The van der Waals surface area contributed by atoms with Crippen LogP contribution in [0.15, 0.2) is 40.4 Å². The van der Waals surface area contributed by atoms with Crippen molar-refractivity contribution in [3.8, 4) is 0 Å². The molecule has 0 aliphatic heterocycles. The van der Waals surface area contributed by atoms with E-state index >= 15 is 0 Å². The van der Waals surface area contributed by atoms with Gasteiger partial charge >= 0.3 is 5.97 Å². The van der Waals surface area contributed by atoms with E-state index in [1.165, 1.54) is 24.3 Å². The van der Waals surface area contributed by atoms with Crippen LogP contribution in [0.4, 0.5) is 23.0 Å². The molecule has 1 aromatic carbocycles. The predicted molar refractivity (Wildman–Crippen MR) is 113 cm³/mol. The number of nitrogen functional groups attached to an aromatic ring is 1. The summed E-state index contributed by atoms with van der Waals surface area (Å²) in [6, 6.07) is 7.04. The van der Waals surface area contributed by atoms with Crippen LogP contribution in [0.5, 0.6) is 0 Å². The highest BCUT2D eigenvalue weighted by molar-refractivity contribution is 7.91. The number of carbonyl (C=O) groups is 2. The van der Waals surface area contributed by atoms with Gasteiger partial charge in [-0.2, -0.15) is 10.1 Å². The summed E-state index contributed by atoms with van der Waals surface area (Å²) in [4.78, 5) is 30.9. The fraction of sp³-hybridized carbons (Fsp3) is 0.211. The molecule has 0 unspecified atom stereocenters. The van der Waals surface area contributed by atoms with Crippen LogP contribution in [0.3, 0.4) is 0 Å². The fourth-order valence-corrected chi connectivity index (χ4v) is 3.97. The van der Waals surface area contributed by atoms with Gasteiger partial charge in [0.25, 0.3) is 5.16 Å². The quantitative estimate of drug-likeness (QED) is 0.326. The normalized spacial score (nSPS) is 13.5. The van der Waals surface area contributed by atoms with Crippen LogP contribution >= 0.6 is 0 Å². The van der Waals surface area contributed by atoms with E-state index in [4.69, 9.17) is 5.73 Å². The number of aromatic carboxylic acids is 1. The van der Waals surface area contributed by atoms with Crippen LogP contribution in [0.1, 0.15) is 29.0 Å². The van der Waals surface area contributed by atoms with E-state index in [2.05, 4.69) is 30.8 Å². The van der Waals surface area contributed by atoms with E-state index in [-0.39, 0.29) is 34.0 Å². The van der Waals surface area contributed by atoms with E-state index in [0.717, 1.165) is 12.8 Å². The van der Waals surface area contributed by atoms with Crippen molar-refractivity contribution in [2.45, 2.75) is 29.8 Å². The first-order valence-corrected chi connectivity index (χ1v) is 11.0. The minimum atomic E-state index is -4.29. The third kappa shape index (κ3) is 4.23. The summed E-state index contributed by atoms with van der Waals surface area (Å²) in [6.45, 7) is 1.75. The van der Waals surface area contributed by atoms with Crippen LogP contribution in [0, 0.1) is 12.8 Å². The molecule has 3 aromatic rings. The number of benzene rings is 1. The van der Waals surface area contributed by atoms with Gasteiger partial charge in [-0.15, -0.1) is 0 Å². The number of hydrogen-bond donors (Lipinski definition) is 5. The van der Waals surface area contributed by atoms with Crippen molar-refractivity contribution >= 4 is 44.7 Å².